The lowest BCUT2D eigenvalue weighted by Crippen LogP contribution is -2.01. The van der Waals surface area contributed by atoms with Gasteiger partial charge in [0.1, 0.15) is 0 Å². The Morgan fingerprint density at radius 3 is 2.14 bits per heavy atom. The molecule has 0 radical (unpaired) electrons. The Kier molecular flexibility index (Phi) is 3.29. The summed E-state index contributed by atoms with van der Waals surface area (Å²) in [6.07, 6.45) is 5.12. The molecule has 0 amide bonds. The maximum absolute atomic E-state index is 10.9. The third-order valence-electron chi connectivity index (χ3n) is 1.61. The lowest BCUT2D eigenvalue weighted by Gasteiger charge is -2.01. The van der Waals surface area contributed by atoms with Gasteiger partial charge in [-0.15, -0.1) is 6.42 Å². The van der Waals surface area contributed by atoms with Crippen LogP contribution in [0.3, 0.4) is 0 Å². The summed E-state index contributed by atoms with van der Waals surface area (Å²) in [5.74, 6) is 2.32. The second-order valence-corrected chi connectivity index (χ2v) is 3.14. The van der Waals surface area contributed by atoms with Crippen molar-refractivity contribution in [1.29, 1.82) is 0 Å². The number of hydrogen-bond acceptors (Lipinski definition) is 2. The second-order valence-electron chi connectivity index (χ2n) is 2.45. The van der Waals surface area contributed by atoms with Crippen molar-refractivity contribution >= 4 is 33.7 Å². The van der Waals surface area contributed by atoms with Gasteiger partial charge < -0.3 is 0 Å². The molecule has 0 aromatic heterocycles. The van der Waals surface area contributed by atoms with Crippen molar-refractivity contribution in [3.63, 3.8) is 0 Å². The Bertz CT molecular complexity index is 444. The fourth-order valence-electron chi connectivity index (χ4n) is 0.968. The summed E-state index contributed by atoms with van der Waals surface area (Å²) in [6.45, 7) is 0. The molecule has 0 saturated carbocycles. The highest BCUT2D eigenvalue weighted by molar-refractivity contribution is 6.72. The monoisotopic (exact) mass is 226 g/mol. The van der Waals surface area contributed by atoms with E-state index in [9.17, 15) is 9.59 Å². The predicted molar refractivity (Wildman–Crippen MR) is 54.7 cm³/mol. The summed E-state index contributed by atoms with van der Waals surface area (Å²) >= 11 is 10.5. The SMILES string of the molecule is C#Cc1ccc(C(=O)Cl)c(C(=O)Cl)c1. The van der Waals surface area contributed by atoms with Gasteiger partial charge in [-0.2, -0.15) is 0 Å². The first-order valence-electron chi connectivity index (χ1n) is 3.56. The van der Waals surface area contributed by atoms with Crippen LogP contribution in [0, 0.1) is 12.3 Å². The van der Waals surface area contributed by atoms with Crippen LogP contribution in [0.15, 0.2) is 18.2 Å². The number of carbonyl (C=O) groups excluding carboxylic acids is 2. The second kappa shape index (κ2) is 4.28. The van der Waals surface area contributed by atoms with E-state index in [0.29, 0.717) is 5.56 Å². The number of halogens is 2. The van der Waals surface area contributed by atoms with Gasteiger partial charge in [-0.25, -0.2) is 0 Å². The number of hydrogen-bond donors (Lipinski definition) is 0. The molecule has 0 saturated heterocycles. The summed E-state index contributed by atoms with van der Waals surface area (Å²) in [7, 11) is 0. The lowest BCUT2D eigenvalue weighted by molar-refractivity contribution is 0.105. The molecular formula is C10H4Cl2O2. The maximum Gasteiger partial charge on any atom is 0.253 e. The highest BCUT2D eigenvalue weighted by Crippen LogP contribution is 2.16. The minimum atomic E-state index is -0.758. The van der Waals surface area contributed by atoms with E-state index < -0.39 is 10.5 Å². The van der Waals surface area contributed by atoms with Crippen LogP contribution in [-0.4, -0.2) is 10.5 Å². The summed E-state index contributed by atoms with van der Waals surface area (Å²) in [4.78, 5) is 21.8. The van der Waals surface area contributed by atoms with Gasteiger partial charge in [-0.3, -0.25) is 9.59 Å². The van der Waals surface area contributed by atoms with Gasteiger partial charge in [0, 0.05) is 16.7 Å². The van der Waals surface area contributed by atoms with Crippen LogP contribution < -0.4 is 0 Å². The van der Waals surface area contributed by atoms with Crippen molar-refractivity contribution < 1.29 is 9.59 Å². The fraction of sp³-hybridized carbons (Fsp3) is 0. The number of benzene rings is 1. The van der Waals surface area contributed by atoms with E-state index in [4.69, 9.17) is 29.6 Å². The van der Waals surface area contributed by atoms with E-state index in [0.717, 1.165) is 0 Å². The topological polar surface area (TPSA) is 34.1 Å². The molecular weight excluding hydrogens is 223 g/mol. The maximum atomic E-state index is 10.9. The molecule has 1 aromatic rings. The van der Waals surface area contributed by atoms with Crippen LogP contribution in [0.25, 0.3) is 0 Å². The van der Waals surface area contributed by atoms with Crippen molar-refractivity contribution in [2.45, 2.75) is 0 Å². The van der Waals surface area contributed by atoms with E-state index >= 15 is 0 Å². The largest absolute Gasteiger partial charge is 0.276 e. The third-order valence-corrected chi connectivity index (χ3v) is 2.02. The Labute approximate surface area is 90.8 Å². The van der Waals surface area contributed by atoms with Crippen LogP contribution in [-0.2, 0) is 0 Å². The van der Waals surface area contributed by atoms with Crippen LogP contribution in [0.5, 0.6) is 0 Å². The zero-order valence-corrected chi connectivity index (χ0v) is 8.39. The average molecular weight is 227 g/mol. The Morgan fingerprint density at radius 2 is 1.71 bits per heavy atom. The first-order chi connectivity index (χ1) is 6.56. The zero-order chi connectivity index (χ0) is 10.7. The van der Waals surface area contributed by atoms with Gasteiger partial charge in [-0.1, -0.05) is 5.92 Å². The summed E-state index contributed by atoms with van der Waals surface area (Å²) in [5.41, 5.74) is 0.559. The molecule has 0 heterocycles. The number of carbonyl (C=O) groups is 2. The van der Waals surface area contributed by atoms with E-state index in [1.54, 1.807) is 0 Å². The number of terminal acetylenes is 1. The minimum absolute atomic E-state index is 0.0297. The van der Waals surface area contributed by atoms with Crippen LogP contribution >= 0.6 is 23.2 Å². The smallest absolute Gasteiger partial charge is 0.253 e. The van der Waals surface area contributed by atoms with Gasteiger partial charge in [0.25, 0.3) is 10.5 Å². The first-order valence-corrected chi connectivity index (χ1v) is 4.32. The summed E-state index contributed by atoms with van der Waals surface area (Å²) in [6, 6.07) is 4.24. The lowest BCUT2D eigenvalue weighted by atomic mass is 10.1. The molecule has 0 aliphatic carbocycles. The molecule has 0 atom stereocenters. The van der Waals surface area contributed by atoms with Gasteiger partial charge in [-0.05, 0) is 41.4 Å². The Hall–Kier alpha value is -1.30. The van der Waals surface area contributed by atoms with Gasteiger partial charge in [0.05, 0.1) is 0 Å². The first kappa shape index (κ1) is 10.8. The molecule has 70 valence electrons. The third kappa shape index (κ3) is 2.14. The summed E-state index contributed by atoms with van der Waals surface area (Å²) in [5, 5.41) is -1.50. The van der Waals surface area contributed by atoms with E-state index in [-0.39, 0.29) is 11.1 Å². The Balaban J connectivity index is 3.40. The van der Waals surface area contributed by atoms with Gasteiger partial charge >= 0.3 is 0 Å². The van der Waals surface area contributed by atoms with Crippen molar-refractivity contribution in [3.8, 4) is 12.3 Å². The highest BCUT2D eigenvalue weighted by Gasteiger charge is 2.14. The van der Waals surface area contributed by atoms with Crippen LogP contribution in [0.2, 0.25) is 0 Å². The molecule has 1 rings (SSSR count). The van der Waals surface area contributed by atoms with Gasteiger partial charge in [0.15, 0.2) is 0 Å². The average Bonchev–Trinajstić information content (AvgIpc) is 2.16. The van der Waals surface area contributed by atoms with Crippen LogP contribution in [0.1, 0.15) is 26.3 Å². The molecule has 0 spiro atoms. The van der Waals surface area contributed by atoms with E-state index in [1.165, 1.54) is 18.2 Å². The molecule has 0 fully saturated rings. The van der Waals surface area contributed by atoms with Crippen molar-refractivity contribution in [2.75, 3.05) is 0 Å². The molecule has 4 heteroatoms. The number of rotatable bonds is 2. The fourth-order valence-corrected chi connectivity index (χ4v) is 1.29. The standard InChI is InChI=1S/C10H4Cl2O2/c1-2-6-3-4-7(9(11)13)8(5-6)10(12)14/h1,3-5H. The zero-order valence-electron chi connectivity index (χ0n) is 6.88. The molecule has 0 N–H and O–H groups in total. The molecule has 0 aliphatic rings. The Morgan fingerprint density at radius 1 is 1.14 bits per heavy atom. The minimum Gasteiger partial charge on any atom is -0.276 e. The quantitative estimate of drug-likeness (QED) is 0.574. The molecule has 0 aliphatic heterocycles. The van der Waals surface area contributed by atoms with Crippen molar-refractivity contribution in [2.24, 2.45) is 0 Å². The molecule has 1 aromatic carbocycles. The highest BCUT2D eigenvalue weighted by atomic mass is 35.5. The van der Waals surface area contributed by atoms with E-state index in [2.05, 4.69) is 5.92 Å². The van der Waals surface area contributed by atoms with Crippen LogP contribution in [0.4, 0.5) is 0 Å². The molecule has 0 bridgehead atoms. The summed E-state index contributed by atoms with van der Waals surface area (Å²) < 4.78 is 0. The van der Waals surface area contributed by atoms with Crippen molar-refractivity contribution in [3.05, 3.63) is 34.9 Å². The molecule has 0 unspecified atom stereocenters. The molecule has 2 nitrogen and oxygen atoms in total. The predicted octanol–water partition coefficient (Wildman–Crippen LogP) is 2.43. The van der Waals surface area contributed by atoms with Crippen molar-refractivity contribution in [1.82, 2.24) is 0 Å². The molecule has 14 heavy (non-hydrogen) atoms. The van der Waals surface area contributed by atoms with Gasteiger partial charge in [0.2, 0.25) is 0 Å². The normalized spacial score (nSPS) is 9.21. The van der Waals surface area contributed by atoms with E-state index in [1.807, 2.05) is 0 Å².